The molecule has 1 aliphatic carbocycles. The molecule has 7 nitrogen and oxygen atoms in total. The molecule has 1 fully saturated rings. The maximum atomic E-state index is 13.6. The predicted octanol–water partition coefficient (Wildman–Crippen LogP) is 4.07. The van der Waals surface area contributed by atoms with Crippen molar-refractivity contribution in [3.8, 4) is 0 Å². The van der Waals surface area contributed by atoms with E-state index in [0.29, 0.717) is 29.1 Å². The lowest BCUT2D eigenvalue weighted by Gasteiger charge is -2.24. The third-order valence-electron chi connectivity index (χ3n) is 5.26. The lowest BCUT2D eigenvalue weighted by atomic mass is 9.99. The van der Waals surface area contributed by atoms with Gasteiger partial charge in [-0.1, -0.05) is 41.9 Å². The van der Waals surface area contributed by atoms with E-state index in [4.69, 9.17) is 11.6 Å². The molecule has 3 rings (SSSR count). The molecule has 1 atom stereocenters. The highest BCUT2D eigenvalue weighted by molar-refractivity contribution is 6.30. The number of amides is 3. The van der Waals surface area contributed by atoms with Gasteiger partial charge in [-0.2, -0.15) is 18.3 Å². The van der Waals surface area contributed by atoms with Gasteiger partial charge in [0, 0.05) is 18.0 Å². The molecular formula is C24H24ClF3N4O3. The number of rotatable bonds is 8. The first-order valence-electron chi connectivity index (χ1n) is 10.8. The second kappa shape index (κ2) is 10.9. The summed E-state index contributed by atoms with van der Waals surface area (Å²) in [5.74, 6) is -2.17. The lowest BCUT2D eigenvalue weighted by molar-refractivity contribution is -0.139. The van der Waals surface area contributed by atoms with E-state index in [2.05, 4.69) is 15.7 Å². The summed E-state index contributed by atoms with van der Waals surface area (Å²) in [6.07, 6.45) is -3.31. The summed E-state index contributed by atoms with van der Waals surface area (Å²) in [6, 6.07) is 9.47. The summed E-state index contributed by atoms with van der Waals surface area (Å²) in [5.41, 5.74) is -0.352. The monoisotopic (exact) mass is 508 g/mol. The van der Waals surface area contributed by atoms with Crippen molar-refractivity contribution >= 4 is 35.0 Å². The van der Waals surface area contributed by atoms with Crippen molar-refractivity contribution in [2.45, 2.75) is 44.9 Å². The number of hydrogen-bond donors (Lipinski definition) is 2. The van der Waals surface area contributed by atoms with Crippen LogP contribution in [0.4, 0.5) is 13.2 Å². The van der Waals surface area contributed by atoms with Gasteiger partial charge in [0.25, 0.3) is 0 Å². The van der Waals surface area contributed by atoms with Crippen LogP contribution in [-0.2, 0) is 20.6 Å². The molecule has 35 heavy (non-hydrogen) atoms. The Morgan fingerprint density at radius 1 is 1.09 bits per heavy atom. The molecule has 1 aliphatic rings. The maximum absolute atomic E-state index is 13.6. The van der Waals surface area contributed by atoms with E-state index in [1.54, 1.807) is 31.2 Å². The fraction of sp³-hybridized carbons (Fsp3) is 0.333. The number of nitrogens with zero attached hydrogens (tertiary/aromatic N) is 2. The average Bonchev–Trinajstić information content (AvgIpc) is 3.60. The molecule has 11 heteroatoms. The fourth-order valence-corrected chi connectivity index (χ4v) is 3.42. The number of nitrogens with one attached hydrogen (secondary N) is 2. The van der Waals surface area contributed by atoms with Crippen molar-refractivity contribution in [1.82, 2.24) is 15.6 Å². The van der Waals surface area contributed by atoms with Crippen molar-refractivity contribution in [3.63, 3.8) is 0 Å². The Morgan fingerprint density at radius 2 is 1.71 bits per heavy atom. The van der Waals surface area contributed by atoms with Crippen molar-refractivity contribution < 1.29 is 27.6 Å². The van der Waals surface area contributed by atoms with E-state index in [9.17, 15) is 27.6 Å². The van der Waals surface area contributed by atoms with Crippen LogP contribution in [0, 0.1) is 0 Å². The molecule has 0 bridgehead atoms. The topological polar surface area (TPSA) is 90.9 Å². The first-order chi connectivity index (χ1) is 16.5. The van der Waals surface area contributed by atoms with E-state index < -0.39 is 42.0 Å². The number of hydrazone groups is 1. The van der Waals surface area contributed by atoms with Gasteiger partial charge in [-0.15, -0.1) is 0 Å². The number of halogens is 4. The van der Waals surface area contributed by atoms with E-state index >= 15 is 0 Å². The third-order valence-corrected chi connectivity index (χ3v) is 5.51. The predicted molar refractivity (Wildman–Crippen MR) is 125 cm³/mol. The normalized spacial score (nSPS) is 14.7. The molecule has 0 aromatic heterocycles. The third kappa shape index (κ3) is 7.29. The summed E-state index contributed by atoms with van der Waals surface area (Å²) >= 11 is 5.88. The quantitative estimate of drug-likeness (QED) is 0.416. The molecule has 0 heterocycles. The van der Waals surface area contributed by atoms with Gasteiger partial charge in [-0.25, -0.2) is 5.01 Å². The Bertz CT molecular complexity index is 1130. The highest BCUT2D eigenvalue weighted by Gasteiger charge is 2.38. The molecule has 1 saturated carbocycles. The Morgan fingerprint density at radius 3 is 2.29 bits per heavy atom. The van der Waals surface area contributed by atoms with E-state index in [0.717, 1.165) is 17.1 Å². The fourth-order valence-electron chi connectivity index (χ4n) is 3.29. The van der Waals surface area contributed by atoms with E-state index in [1.165, 1.54) is 19.1 Å². The Balaban J connectivity index is 1.83. The lowest BCUT2D eigenvalue weighted by Crippen LogP contribution is -2.45. The summed E-state index contributed by atoms with van der Waals surface area (Å²) in [7, 11) is 0. The van der Waals surface area contributed by atoms with Gasteiger partial charge in [0.15, 0.2) is 0 Å². The second-order valence-corrected chi connectivity index (χ2v) is 8.57. The number of benzene rings is 2. The molecule has 0 spiro atoms. The van der Waals surface area contributed by atoms with Crippen LogP contribution in [0.25, 0.3) is 0 Å². The zero-order valence-corrected chi connectivity index (χ0v) is 19.8. The molecule has 3 amide bonds. The van der Waals surface area contributed by atoms with E-state index in [-0.39, 0.29) is 11.6 Å². The zero-order valence-electron chi connectivity index (χ0n) is 19.0. The number of hydrogen-bond acceptors (Lipinski definition) is 4. The second-order valence-electron chi connectivity index (χ2n) is 8.14. The Hall–Kier alpha value is -3.40. The number of alkyl halides is 3. The molecular weight excluding hydrogens is 485 g/mol. The van der Waals surface area contributed by atoms with Gasteiger partial charge in [-0.3, -0.25) is 14.4 Å². The van der Waals surface area contributed by atoms with Crippen LogP contribution in [0.1, 0.15) is 49.4 Å². The zero-order chi connectivity index (χ0) is 25.8. The molecule has 186 valence electrons. The van der Waals surface area contributed by atoms with Crippen LogP contribution < -0.4 is 10.6 Å². The van der Waals surface area contributed by atoms with Crippen LogP contribution in [0.3, 0.4) is 0 Å². The highest BCUT2D eigenvalue weighted by Crippen LogP contribution is 2.35. The van der Waals surface area contributed by atoms with Crippen LogP contribution in [0.15, 0.2) is 53.6 Å². The SMILES string of the molecule is CC(=O)N(CC(=O)NC(C(=O)NC1CC1)c1ccccc1C(F)(F)F)/N=C(\C)c1ccc(Cl)cc1. The summed E-state index contributed by atoms with van der Waals surface area (Å²) < 4.78 is 40.8. The summed E-state index contributed by atoms with van der Waals surface area (Å²) in [6.45, 7) is 2.23. The molecule has 0 radical (unpaired) electrons. The van der Waals surface area contributed by atoms with Crippen LogP contribution in [-0.4, -0.2) is 41.0 Å². The van der Waals surface area contributed by atoms with Crippen LogP contribution in [0.5, 0.6) is 0 Å². The molecule has 2 aromatic carbocycles. The van der Waals surface area contributed by atoms with E-state index in [1.807, 2.05) is 0 Å². The Kier molecular flexibility index (Phi) is 8.16. The summed E-state index contributed by atoms with van der Waals surface area (Å²) in [4.78, 5) is 37.7. The molecule has 2 aromatic rings. The minimum atomic E-state index is -4.73. The van der Waals surface area contributed by atoms with Gasteiger partial charge in [0.05, 0.1) is 11.3 Å². The maximum Gasteiger partial charge on any atom is 0.416 e. The van der Waals surface area contributed by atoms with Gasteiger partial charge in [-0.05, 0) is 49.1 Å². The largest absolute Gasteiger partial charge is 0.416 e. The van der Waals surface area contributed by atoms with Crippen molar-refractivity contribution in [3.05, 3.63) is 70.2 Å². The van der Waals surface area contributed by atoms with Crippen LogP contribution >= 0.6 is 11.6 Å². The minimum Gasteiger partial charge on any atom is -0.351 e. The standard InChI is InChI=1S/C24H24ClF3N4O3/c1-14(16-7-9-17(25)10-8-16)31-32(15(2)33)13-21(34)30-22(23(35)29-18-11-12-18)19-5-3-4-6-20(19)24(26,27)28/h3-10,18,22H,11-13H2,1-2H3,(H,29,35)(H,30,34)/b31-14+. The van der Waals surface area contributed by atoms with Crippen molar-refractivity contribution in [1.29, 1.82) is 0 Å². The molecule has 2 N–H and O–H groups in total. The van der Waals surface area contributed by atoms with Gasteiger partial charge < -0.3 is 10.6 Å². The first-order valence-corrected chi connectivity index (χ1v) is 11.2. The summed E-state index contributed by atoms with van der Waals surface area (Å²) in [5, 5.41) is 10.5. The number of carbonyl (C=O) groups excluding carboxylic acids is 3. The van der Waals surface area contributed by atoms with Gasteiger partial charge >= 0.3 is 6.18 Å². The smallest absolute Gasteiger partial charge is 0.351 e. The van der Waals surface area contributed by atoms with Crippen molar-refractivity contribution in [2.24, 2.45) is 5.10 Å². The van der Waals surface area contributed by atoms with Gasteiger partial charge in [0.2, 0.25) is 17.7 Å². The molecule has 0 aliphatic heterocycles. The highest BCUT2D eigenvalue weighted by atomic mass is 35.5. The molecule has 1 unspecified atom stereocenters. The first kappa shape index (κ1) is 26.2. The minimum absolute atomic E-state index is 0.139. The number of carbonyl (C=O) groups is 3. The Labute approximate surface area is 205 Å². The van der Waals surface area contributed by atoms with Crippen molar-refractivity contribution in [2.75, 3.05) is 6.54 Å². The van der Waals surface area contributed by atoms with Crippen LogP contribution in [0.2, 0.25) is 5.02 Å². The average molecular weight is 509 g/mol. The molecule has 0 saturated heterocycles. The van der Waals surface area contributed by atoms with Gasteiger partial charge in [0.1, 0.15) is 12.6 Å².